The third-order valence-corrected chi connectivity index (χ3v) is 2.55. The molecule has 0 amide bonds. The molecule has 2 aliphatic rings. The SMILES string of the molecule is O=C(O)C1=CC=NC(C2(F)CC2)C1. The fourth-order valence-corrected chi connectivity index (χ4v) is 1.49. The van der Waals surface area contributed by atoms with Crippen molar-refractivity contribution in [3.05, 3.63) is 11.6 Å². The van der Waals surface area contributed by atoms with Gasteiger partial charge in [-0.05, 0) is 18.9 Å². The molecule has 0 aromatic heterocycles. The van der Waals surface area contributed by atoms with Crippen LogP contribution in [-0.2, 0) is 4.79 Å². The Balaban J connectivity index is 2.10. The summed E-state index contributed by atoms with van der Waals surface area (Å²) in [6, 6.07) is -0.469. The second kappa shape index (κ2) is 2.65. The molecular weight excluding hydrogens is 173 g/mol. The number of carboxylic acid groups (broad SMARTS) is 1. The molecule has 1 heterocycles. The summed E-state index contributed by atoms with van der Waals surface area (Å²) >= 11 is 0. The molecule has 1 fully saturated rings. The summed E-state index contributed by atoms with van der Waals surface area (Å²) in [7, 11) is 0. The normalized spacial score (nSPS) is 29.6. The first-order chi connectivity index (χ1) is 6.12. The Morgan fingerprint density at radius 2 is 2.38 bits per heavy atom. The molecule has 13 heavy (non-hydrogen) atoms. The van der Waals surface area contributed by atoms with Gasteiger partial charge >= 0.3 is 5.97 Å². The first-order valence-corrected chi connectivity index (χ1v) is 4.26. The second-order valence-corrected chi connectivity index (χ2v) is 3.55. The summed E-state index contributed by atoms with van der Waals surface area (Å²) in [4.78, 5) is 14.6. The number of alkyl halides is 1. The van der Waals surface area contributed by atoms with Crippen LogP contribution in [0.3, 0.4) is 0 Å². The van der Waals surface area contributed by atoms with Crippen LogP contribution in [0.4, 0.5) is 4.39 Å². The van der Waals surface area contributed by atoms with Gasteiger partial charge in [0.1, 0.15) is 5.67 Å². The van der Waals surface area contributed by atoms with Gasteiger partial charge in [0, 0.05) is 18.2 Å². The Kier molecular flexibility index (Phi) is 1.71. The number of halogens is 1. The fourth-order valence-electron chi connectivity index (χ4n) is 1.49. The van der Waals surface area contributed by atoms with Crippen molar-refractivity contribution in [2.45, 2.75) is 31.0 Å². The minimum absolute atomic E-state index is 0.225. The van der Waals surface area contributed by atoms with Gasteiger partial charge in [-0.25, -0.2) is 9.18 Å². The topological polar surface area (TPSA) is 49.7 Å². The fraction of sp³-hybridized carbons (Fsp3) is 0.556. The van der Waals surface area contributed by atoms with E-state index in [-0.39, 0.29) is 12.0 Å². The van der Waals surface area contributed by atoms with Crippen LogP contribution in [0.15, 0.2) is 16.6 Å². The van der Waals surface area contributed by atoms with Gasteiger partial charge in [0.05, 0.1) is 6.04 Å². The lowest BCUT2D eigenvalue weighted by Crippen LogP contribution is -2.26. The van der Waals surface area contributed by atoms with Crippen LogP contribution in [0, 0.1) is 0 Å². The Morgan fingerprint density at radius 1 is 1.69 bits per heavy atom. The average molecular weight is 183 g/mol. The van der Waals surface area contributed by atoms with Crippen molar-refractivity contribution < 1.29 is 14.3 Å². The number of dihydropyridines is 1. The monoisotopic (exact) mass is 183 g/mol. The molecule has 1 aliphatic heterocycles. The zero-order valence-corrected chi connectivity index (χ0v) is 7.03. The maximum Gasteiger partial charge on any atom is 0.331 e. The molecule has 3 nitrogen and oxygen atoms in total. The van der Waals surface area contributed by atoms with Crippen molar-refractivity contribution in [1.29, 1.82) is 0 Å². The number of hydrogen-bond donors (Lipinski definition) is 1. The largest absolute Gasteiger partial charge is 0.478 e. The number of aliphatic carboxylic acids is 1. The van der Waals surface area contributed by atoms with Gasteiger partial charge in [-0.3, -0.25) is 4.99 Å². The third kappa shape index (κ3) is 1.48. The Labute approximate surface area is 75.0 Å². The highest BCUT2D eigenvalue weighted by molar-refractivity contribution is 5.93. The van der Waals surface area contributed by atoms with E-state index in [9.17, 15) is 9.18 Å². The Bertz CT molecular complexity index is 305. The summed E-state index contributed by atoms with van der Waals surface area (Å²) in [6.07, 6.45) is 4.09. The first-order valence-electron chi connectivity index (χ1n) is 4.26. The van der Waals surface area contributed by atoms with Crippen molar-refractivity contribution in [3.63, 3.8) is 0 Å². The minimum atomic E-state index is -1.22. The summed E-state index contributed by atoms with van der Waals surface area (Å²) < 4.78 is 13.5. The van der Waals surface area contributed by atoms with Crippen LogP contribution < -0.4 is 0 Å². The molecule has 1 N–H and O–H groups in total. The summed E-state index contributed by atoms with van der Waals surface area (Å²) in [6.45, 7) is 0. The molecule has 0 bridgehead atoms. The molecule has 0 radical (unpaired) electrons. The average Bonchev–Trinajstić information content (AvgIpc) is 2.85. The highest BCUT2D eigenvalue weighted by Gasteiger charge is 2.51. The molecule has 1 aliphatic carbocycles. The minimum Gasteiger partial charge on any atom is -0.478 e. The molecule has 0 saturated heterocycles. The van der Waals surface area contributed by atoms with Crippen LogP contribution in [-0.4, -0.2) is 29.0 Å². The zero-order valence-electron chi connectivity index (χ0n) is 7.03. The number of nitrogens with zero attached hydrogens (tertiary/aromatic N) is 1. The molecule has 70 valence electrons. The van der Waals surface area contributed by atoms with E-state index < -0.39 is 17.7 Å². The number of hydrogen-bond acceptors (Lipinski definition) is 2. The van der Waals surface area contributed by atoms with E-state index in [1.165, 1.54) is 12.3 Å². The van der Waals surface area contributed by atoms with E-state index in [2.05, 4.69) is 4.99 Å². The van der Waals surface area contributed by atoms with Crippen LogP contribution in [0.5, 0.6) is 0 Å². The molecule has 1 unspecified atom stereocenters. The van der Waals surface area contributed by atoms with Gasteiger partial charge in [0.15, 0.2) is 0 Å². The summed E-state index contributed by atoms with van der Waals surface area (Å²) in [5, 5.41) is 8.69. The highest BCUT2D eigenvalue weighted by Crippen LogP contribution is 2.46. The summed E-state index contributed by atoms with van der Waals surface area (Å²) in [5.74, 6) is -0.972. The lowest BCUT2D eigenvalue weighted by molar-refractivity contribution is -0.132. The maximum absolute atomic E-state index is 13.5. The predicted molar refractivity (Wildman–Crippen MR) is 45.7 cm³/mol. The van der Waals surface area contributed by atoms with Gasteiger partial charge in [-0.15, -0.1) is 0 Å². The highest BCUT2D eigenvalue weighted by atomic mass is 19.1. The van der Waals surface area contributed by atoms with E-state index in [1.54, 1.807) is 0 Å². The van der Waals surface area contributed by atoms with Crippen molar-refractivity contribution >= 4 is 12.2 Å². The van der Waals surface area contributed by atoms with Crippen LogP contribution in [0.2, 0.25) is 0 Å². The zero-order chi connectivity index (χ0) is 9.47. The molecule has 1 atom stereocenters. The summed E-state index contributed by atoms with van der Waals surface area (Å²) in [5.41, 5.74) is -0.963. The van der Waals surface area contributed by atoms with E-state index in [0.29, 0.717) is 12.8 Å². The lowest BCUT2D eigenvalue weighted by Gasteiger charge is -2.18. The van der Waals surface area contributed by atoms with Gasteiger partial charge < -0.3 is 5.11 Å². The van der Waals surface area contributed by atoms with Gasteiger partial charge in [0.2, 0.25) is 0 Å². The van der Waals surface area contributed by atoms with E-state index in [0.717, 1.165) is 0 Å². The maximum atomic E-state index is 13.5. The van der Waals surface area contributed by atoms with Crippen LogP contribution >= 0.6 is 0 Å². The van der Waals surface area contributed by atoms with Crippen molar-refractivity contribution in [2.24, 2.45) is 4.99 Å². The van der Waals surface area contributed by atoms with Crippen molar-refractivity contribution in [3.8, 4) is 0 Å². The van der Waals surface area contributed by atoms with Crippen molar-refractivity contribution in [2.75, 3.05) is 0 Å². The number of aliphatic imine (C=N–C) groups is 1. The van der Waals surface area contributed by atoms with Crippen LogP contribution in [0.1, 0.15) is 19.3 Å². The van der Waals surface area contributed by atoms with Crippen molar-refractivity contribution in [1.82, 2.24) is 0 Å². The standard InChI is InChI=1S/C9H10FNO2/c10-9(2-3-9)7-5-6(8(12)13)1-4-11-7/h1,4,7H,2-3,5H2,(H,12,13). The molecular formula is C9H10FNO2. The van der Waals surface area contributed by atoms with Gasteiger partial charge in [0.25, 0.3) is 0 Å². The number of carboxylic acids is 1. The molecule has 0 aromatic rings. The van der Waals surface area contributed by atoms with E-state index in [1.807, 2.05) is 0 Å². The van der Waals surface area contributed by atoms with E-state index in [4.69, 9.17) is 5.11 Å². The molecule has 1 saturated carbocycles. The number of carbonyl (C=O) groups is 1. The Morgan fingerprint density at radius 3 is 2.92 bits per heavy atom. The molecule has 0 aromatic carbocycles. The third-order valence-electron chi connectivity index (χ3n) is 2.55. The molecule has 0 spiro atoms. The number of rotatable bonds is 2. The smallest absolute Gasteiger partial charge is 0.331 e. The van der Waals surface area contributed by atoms with E-state index >= 15 is 0 Å². The molecule has 4 heteroatoms. The second-order valence-electron chi connectivity index (χ2n) is 3.55. The Hall–Kier alpha value is -1.19. The van der Waals surface area contributed by atoms with Gasteiger partial charge in [-0.1, -0.05) is 0 Å². The van der Waals surface area contributed by atoms with Crippen LogP contribution in [0.25, 0.3) is 0 Å². The van der Waals surface area contributed by atoms with Gasteiger partial charge in [-0.2, -0.15) is 0 Å². The number of allylic oxidation sites excluding steroid dienone is 1. The lowest BCUT2D eigenvalue weighted by atomic mass is 9.99. The quantitative estimate of drug-likeness (QED) is 0.702. The predicted octanol–water partition coefficient (Wildman–Crippen LogP) is 1.34. The molecule has 2 rings (SSSR count). The first kappa shape index (κ1) is 8.41.